The van der Waals surface area contributed by atoms with Gasteiger partial charge < -0.3 is 15.4 Å². The zero-order chi connectivity index (χ0) is 12.1. The molecular formula is C13H24N2O2. The third kappa shape index (κ3) is 3.96. The molecule has 2 rings (SSSR count). The number of likely N-dealkylation sites (N-methyl/N-ethyl adjacent to an activating group) is 1. The monoisotopic (exact) mass is 240 g/mol. The van der Waals surface area contributed by atoms with Crippen molar-refractivity contribution >= 4 is 5.91 Å². The van der Waals surface area contributed by atoms with Crippen molar-refractivity contribution in [3.05, 3.63) is 0 Å². The summed E-state index contributed by atoms with van der Waals surface area (Å²) < 4.78 is 5.37. The molecule has 2 aliphatic rings. The highest BCUT2D eigenvalue weighted by atomic mass is 16.5. The van der Waals surface area contributed by atoms with Crippen molar-refractivity contribution in [1.82, 2.24) is 10.6 Å². The van der Waals surface area contributed by atoms with Gasteiger partial charge in [-0.05, 0) is 25.3 Å². The second kappa shape index (κ2) is 6.36. The minimum absolute atomic E-state index is 0.00382. The van der Waals surface area contributed by atoms with Crippen LogP contribution in [0.25, 0.3) is 0 Å². The average molecular weight is 240 g/mol. The fraction of sp³-hybridized carbons (Fsp3) is 0.923. The molecule has 2 N–H and O–H groups in total. The van der Waals surface area contributed by atoms with E-state index in [1.807, 2.05) is 0 Å². The Balaban J connectivity index is 1.63. The first-order chi connectivity index (χ1) is 8.31. The van der Waals surface area contributed by atoms with E-state index in [9.17, 15) is 4.79 Å². The van der Waals surface area contributed by atoms with Crippen molar-refractivity contribution in [3.8, 4) is 0 Å². The molecule has 2 fully saturated rings. The van der Waals surface area contributed by atoms with Gasteiger partial charge in [0.2, 0.25) is 5.91 Å². The van der Waals surface area contributed by atoms with Crippen molar-refractivity contribution < 1.29 is 9.53 Å². The number of nitrogens with one attached hydrogen (secondary N) is 2. The number of hydrogen-bond acceptors (Lipinski definition) is 3. The van der Waals surface area contributed by atoms with Gasteiger partial charge in [0.15, 0.2) is 0 Å². The Morgan fingerprint density at radius 2 is 2.18 bits per heavy atom. The van der Waals surface area contributed by atoms with Gasteiger partial charge in [0.1, 0.15) is 0 Å². The van der Waals surface area contributed by atoms with Crippen LogP contribution in [0.4, 0.5) is 0 Å². The molecule has 0 radical (unpaired) electrons. The molecule has 2 atom stereocenters. The van der Waals surface area contributed by atoms with Crippen LogP contribution >= 0.6 is 0 Å². The standard InChI is InChI=1S/C13H24N2O2/c1-2-14-12-9-17-8-11(12)13(16)15-7-3-4-10-5-6-10/h10-12,14H,2-9H2,1H3,(H,15,16). The molecule has 17 heavy (non-hydrogen) atoms. The molecule has 1 aliphatic carbocycles. The first-order valence-electron chi connectivity index (χ1n) is 6.90. The van der Waals surface area contributed by atoms with E-state index in [0.717, 1.165) is 25.4 Å². The quantitative estimate of drug-likeness (QED) is 0.651. The summed E-state index contributed by atoms with van der Waals surface area (Å²) in [7, 11) is 0. The summed E-state index contributed by atoms with van der Waals surface area (Å²) >= 11 is 0. The summed E-state index contributed by atoms with van der Waals surface area (Å²) in [6.45, 7) is 4.99. The van der Waals surface area contributed by atoms with Crippen LogP contribution in [-0.2, 0) is 9.53 Å². The lowest BCUT2D eigenvalue weighted by atomic mass is 10.0. The molecule has 0 aromatic rings. The molecule has 0 aromatic heterocycles. The van der Waals surface area contributed by atoms with Crippen molar-refractivity contribution in [2.75, 3.05) is 26.3 Å². The number of carbonyl (C=O) groups excluding carboxylic acids is 1. The first kappa shape index (κ1) is 12.8. The SMILES string of the molecule is CCNC1COCC1C(=O)NCCCC1CC1. The lowest BCUT2D eigenvalue weighted by Gasteiger charge is -2.17. The molecule has 0 spiro atoms. The Kier molecular flexibility index (Phi) is 4.80. The van der Waals surface area contributed by atoms with E-state index in [0.29, 0.717) is 13.2 Å². The molecule has 4 heteroatoms. The highest BCUT2D eigenvalue weighted by Gasteiger charge is 2.33. The van der Waals surface area contributed by atoms with E-state index in [1.165, 1.54) is 19.3 Å². The van der Waals surface area contributed by atoms with Crippen molar-refractivity contribution in [3.63, 3.8) is 0 Å². The molecule has 0 bridgehead atoms. The Labute approximate surface area is 103 Å². The molecule has 2 unspecified atom stereocenters. The average Bonchev–Trinajstić information content (AvgIpc) is 3.03. The second-order valence-electron chi connectivity index (χ2n) is 5.18. The molecule has 0 aromatic carbocycles. The molecule has 1 heterocycles. The van der Waals surface area contributed by atoms with Crippen LogP contribution in [0, 0.1) is 11.8 Å². The molecule has 1 saturated carbocycles. The van der Waals surface area contributed by atoms with Crippen LogP contribution in [0.1, 0.15) is 32.6 Å². The van der Waals surface area contributed by atoms with E-state index in [-0.39, 0.29) is 17.9 Å². The summed E-state index contributed by atoms with van der Waals surface area (Å²) in [5, 5.41) is 6.35. The third-order valence-corrected chi connectivity index (χ3v) is 3.67. The Morgan fingerprint density at radius 3 is 2.88 bits per heavy atom. The van der Waals surface area contributed by atoms with Crippen LogP contribution in [-0.4, -0.2) is 38.3 Å². The molecular weight excluding hydrogens is 216 g/mol. The minimum Gasteiger partial charge on any atom is -0.379 e. The highest BCUT2D eigenvalue weighted by molar-refractivity contribution is 5.79. The number of hydrogen-bond donors (Lipinski definition) is 2. The van der Waals surface area contributed by atoms with Gasteiger partial charge in [0.25, 0.3) is 0 Å². The predicted molar refractivity (Wildman–Crippen MR) is 66.7 cm³/mol. The number of ether oxygens (including phenoxy) is 1. The van der Waals surface area contributed by atoms with E-state index in [4.69, 9.17) is 4.74 Å². The van der Waals surface area contributed by atoms with Crippen LogP contribution in [0.15, 0.2) is 0 Å². The van der Waals surface area contributed by atoms with Crippen LogP contribution in [0.2, 0.25) is 0 Å². The van der Waals surface area contributed by atoms with Crippen LogP contribution in [0.3, 0.4) is 0 Å². The Bertz CT molecular complexity index is 254. The number of rotatable bonds is 7. The number of carbonyl (C=O) groups is 1. The van der Waals surface area contributed by atoms with Gasteiger partial charge in [-0.3, -0.25) is 4.79 Å². The number of amides is 1. The first-order valence-corrected chi connectivity index (χ1v) is 6.90. The lowest BCUT2D eigenvalue weighted by Crippen LogP contribution is -2.44. The van der Waals surface area contributed by atoms with E-state index < -0.39 is 0 Å². The third-order valence-electron chi connectivity index (χ3n) is 3.67. The molecule has 98 valence electrons. The van der Waals surface area contributed by atoms with Crippen molar-refractivity contribution in [1.29, 1.82) is 0 Å². The molecule has 1 amide bonds. The Hall–Kier alpha value is -0.610. The van der Waals surface area contributed by atoms with Gasteiger partial charge in [-0.2, -0.15) is 0 Å². The summed E-state index contributed by atoms with van der Waals surface area (Å²) in [6, 6.07) is 0.198. The second-order valence-corrected chi connectivity index (χ2v) is 5.18. The summed E-state index contributed by atoms with van der Waals surface area (Å²) in [5.74, 6) is 1.11. The van der Waals surface area contributed by atoms with E-state index in [2.05, 4.69) is 17.6 Å². The minimum atomic E-state index is -0.00382. The summed E-state index contributed by atoms with van der Waals surface area (Å²) in [5.41, 5.74) is 0. The maximum absolute atomic E-state index is 12.0. The Morgan fingerprint density at radius 1 is 1.35 bits per heavy atom. The van der Waals surface area contributed by atoms with E-state index >= 15 is 0 Å². The van der Waals surface area contributed by atoms with Gasteiger partial charge in [-0.1, -0.05) is 19.8 Å². The van der Waals surface area contributed by atoms with Crippen molar-refractivity contribution in [2.24, 2.45) is 11.8 Å². The van der Waals surface area contributed by atoms with Gasteiger partial charge in [0, 0.05) is 12.6 Å². The zero-order valence-corrected chi connectivity index (χ0v) is 10.7. The fourth-order valence-corrected chi connectivity index (χ4v) is 2.42. The smallest absolute Gasteiger partial charge is 0.227 e. The molecule has 4 nitrogen and oxygen atoms in total. The maximum Gasteiger partial charge on any atom is 0.227 e. The van der Waals surface area contributed by atoms with Gasteiger partial charge in [0.05, 0.1) is 19.1 Å². The lowest BCUT2D eigenvalue weighted by molar-refractivity contribution is -0.125. The zero-order valence-electron chi connectivity index (χ0n) is 10.7. The normalized spacial score (nSPS) is 28.3. The predicted octanol–water partition coefficient (Wildman–Crippen LogP) is 0.917. The summed E-state index contributed by atoms with van der Waals surface area (Å²) in [4.78, 5) is 12.0. The van der Waals surface area contributed by atoms with Crippen LogP contribution in [0.5, 0.6) is 0 Å². The van der Waals surface area contributed by atoms with Gasteiger partial charge in [-0.15, -0.1) is 0 Å². The summed E-state index contributed by atoms with van der Waals surface area (Å²) in [6.07, 6.45) is 5.19. The van der Waals surface area contributed by atoms with Gasteiger partial charge in [-0.25, -0.2) is 0 Å². The highest BCUT2D eigenvalue weighted by Crippen LogP contribution is 2.33. The maximum atomic E-state index is 12.0. The van der Waals surface area contributed by atoms with Crippen LogP contribution < -0.4 is 10.6 Å². The van der Waals surface area contributed by atoms with E-state index in [1.54, 1.807) is 0 Å². The fourth-order valence-electron chi connectivity index (χ4n) is 2.42. The molecule has 1 saturated heterocycles. The topological polar surface area (TPSA) is 50.4 Å². The van der Waals surface area contributed by atoms with Gasteiger partial charge >= 0.3 is 0 Å². The molecule has 1 aliphatic heterocycles. The largest absolute Gasteiger partial charge is 0.379 e. The van der Waals surface area contributed by atoms with Crippen molar-refractivity contribution in [2.45, 2.75) is 38.6 Å².